The Hall–Kier alpha value is -4.75. The second kappa shape index (κ2) is 11.2. The Morgan fingerprint density at radius 3 is 2.02 bits per heavy atom. The summed E-state index contributed by atoms with van der Waals surface area (Å²) in [5, 5.41) is 6.30. The van der Waals surface area contributed by atoms with E-state index in [2.05, 4.69) is 10.6 Å². The maximum absolute atomic E-state index is 13.7. The van der Waals surface area contributed by atoms with E-state index in [9.17, 15) is 9.59 Å². The standard InChI is InChI=1S/C33H26N4O2S/c1-21(38)27-28(22-13-5-2-6-14-22)36-33(37-29(27)23-15-7-3-8-16-23)40-31-30(24-17-9-4-10-18-24)34-25-19-11-12-20-26(25)35-32(31)39/h2-20,28,31H,1H3,(H,35,39)(H,36,37). The lowest BCUT2D eigenvalue weighted by molar-refractivity contribution is -0.115. The van der Waals surface area contributed by atoms with Crippen molar-refractivity contribution >= 4 is 51.4 Å². The van der Waals surface area contributed by atoms with Gasteiger partial charge in [0.2, 0.25) is 5.91 Å². The van der Waals surface area contributed by atoms with E-state index in [1.54, 1.807) is 6.92 Å². The summed E-state index contributed by atoms with van der Waals surface area (Å²) < 4.78 is 0. The van der Waals surface area contributed by atoms with Gasteiger partial charge in [-0.15, -0.1) is 0 Å². The molecule has 0 spiro atoms. The first kappa shape index (κ1) is 25.5. The van der Waals surface area contributed by atoms with Crippen molar-refractivity contribution in [2.24, 2.45) is 9.98 Å². The number of nitrogens with one attached hydrogen (secondary N) is 2. The third-order valence-electron chi connectivity index (χ3n) is 6.77. The van der Waals surface area contributed by atoms with E-state index in [4.69, 9.17) is 9.98 Å². The van der Waals surface area contributed by atoms with Crippen molar-refractivity contribution in [1.82, 2.24) is 5.32 Å². The van der Waals surface area contributed by atoms with Crippen LogP contribution in [0.5, 0.6) is 0 Å². The lowest BCUT2D eigenvalue weighted by Gasteiger charge is -2.29. The number of amides is 1. The zero-order chi connectivity index (χ0) is 27.5. The second-order valence-electron chi connectivity index (χ2n) is 9.45. The number of rotatable bonds is 5. The molecule has 2 unspecified atom stereocenters. The number of aliphatic imine (C=N–C) groups is 2. The van der Waals surface area contributed by atoms with Gasteiger partial charge in [0.1, 0.15) is 11.3 Å². The van der Waals surface area contributed by atoms with E-state index in [-0.39, 0.29) is 11.7 Å². The van der Waals surface area contributed by atoms with Crippen molar-refractivity contribution in [3.63, 3.8) is 0 Å². The fraction of sp³-hybridized carbons (Fsp3) is 0.0909. The molecular weight excluding hydrogens is 516 g/mol. The number of thioether (sulfide) groups is 1. The lowest BCUT2D eigenvalue weighted by Crippen LogP contribution is -2.37. The molecular formula is C33H26N4O2S. The largest absolute Gasteiger partial charge is 0.334 e. The molecule has 196 valence electrons. The summed E-state index contributed by atoms with van der Waals surface area (Å²) >= 11 is 1.30. The van der Waals surface area contributed by atoms with Gasteiger partial charge in [0, 0.05) is 5.57 Å². The molecule has 4 aromatic carbocycles. The highest BCUT2D eigenvalue weighted by Crippen LogP contribution is 2.38. The number of hydrogen-bond acceptors (Lipinski definition) is 6. The zero-order valence-corrected chi connectivity index (χ0v) is 22.6. The summed E-state index contributed by atoms with van der Waals surface area (Å²) in [5.41, 5.74) is 5.89. The third-order valence-corrected chi connectivity index (χ3v) is 7.87. The van der Waals surface area contributed by atoms with E-state index < -0.39 is 11.3 Å². The highest BCUT2D eigenvalue weighted by atomic mass is 32.2. The first-order chi connectivity index (χ1) is 19.6. The Kier molecular flexibility index (Phi) is 7.12. The predicted octanol–water partition coefficient (Wildman–Crippen LogP) is 6.56. The number of para-hydroxylation sites is 2. The molecule has 0 saturated carbocycles. The molecule has 2 atom stereocenters. The quantitative estimate of drug-likeness (QED) is 0.299. The molecule has 2 aliphatic rings. The number of ketones is 1. The van der Waals surface area contributed by atoms with Crippen LogP contribution in [0.4, 0.5) is 11.4 Å². The highest BCUT2D eigenvalue weighted by molar-refractivity contribution is 8.15. The molecule has 0 aliphatic carbocycles. The summed E-state index contributed by atoms with van der Waals surface area (Å²) in [6, 6.07) is 36.2. The van der Waals surface area contributed by atoms with Gasteiger partial charge in [0.15, 0.2) is 11.0 Å². The number of amidine groups is 1. The number of hydrogen-bond donors (Lipinski definition) is 2. The highest BCUT2D eigenvalue weighted by Gasteiger charge is 2.35. The topological polar surface area (TPSA) is 82.9 Å². The normalized spacial score (nSPS) is 18.5. The van der Waals surface area contributed by atoms with Crippen LogP contribution >= 0.6 is 11.8 Å². The maximum Gasteiger partial charge on any atom is 0.244 e. The molecule has 40 heavy (non-hydrogen) atoms. The summed E-state index contributed by atoms with van der Waals surface area (Å²) in [5.74, 6) is -0.261. The fourth-order valence-corrected chi connectivity index (χ4v) is 5.91. The van der Waals surface area contributed by atoms with Crippen LogP contribution in [0.1, 0.15) is 29.7 Å². The Morgan fingerprint density at radius 1 is 0.750 bits per heavy atom. The average Bonchev–Trinajstić information content (AvgIpc) is 3.14. The molecule has 0 fully saturated rings. The molecule has 2 aliphatic heterocycles. The van der Waals surface area contributed by atoms with Gasteiger partial charge in [-0.25, -0.2) is 9.98 Å². The number of nitrogens with zero attached hydrogens (tertiary/aromatic N) is 2. The number of anilines is 1. The van der Waals surface area contributed by atoms with Gasteiger partial charge in [-0.3, -0.25) is 9.59 Å². The average molecular weight is 543 g/mol. The molecule has 6 nitrogen and oxygen atoms in total. The van der Waals surface area contributed by atoms with Gasteiger partial charge in [0.05, 0.1) is 22.8 Å². The van der Waals surface area contributed by atoms with Crippen molar-refractivity contribution in [2.45, 2.75) is 18.2 Å². The van der Waals surface area contributed by atoms with E-state index in [1.807, 2.05) is 115 Å². The van der Waals surface area contributed by atoms with Crippen LogP contribution in [0, 0.1) is 0 Å². The molecule has 0 saturated heterocycles. The van der Waals surface area contributed by atoms with Crippen LogP contribution in [0.15, 0.2) is 131 Å². The summed E-state index contributed by atoms with van der Waals surface area (Å²) in [4.78, 5) is 36.8. The van der Waals surface area contributed by atoms with E-state index >= 15 is 0 Å². The van der Waals surface area contributed by atoms with E-state index in [1.165, 1.54) is 11.8 Å². The van der Waals surface area contributed by atoms with Crippen LogP contribution in [-0.2, 0) is 9.59 Å². The van der Waals surface area contributed by atoms with Crippen LogP contribution < -0.4 is 10.6 Å². The number of Topliss-reactive ketones (excluding diaryl/α,β-unsaturated/α-hetero) is 1. The second-order valence-corrected chi connectivity index (χ2v) is 10.5. The summed E-state index contributed by atoms with van der Waals surface area (Å²) in [6.45, 7) is 1.57. The van der Waals surface area contributed by atoms with Crippen LogP contribution in [0.2, 0.25) is 0 Å². The maximum atomic E-state index is 13.7. The van der Waals surface area contributed by atoms with Crippen LogP contribution in [0.25, 0.3) is 5.70 Å². The van der Waals surface area contributed by atoms with Gasteiger partial charge in [-0.2, -0.15) is 0 Å². The van der Waals surface area contributed by atoms with Crippen LogP contribution in [-0.4, -0.2) is 27.8 Å². The predicted molar refractivity (Wildman–Crippen MR) is 163 cm³/mol. The van der Waals surface area contributed by atoms with E-state index in [0.29, 0.717) is 33.5 Å². The Labute approximate surface area is 237 Å². The van der Waals surface area contributed by atoms with Gasteiger partial charge in [0.25, 0.3) is 0 Å². The van der Waals surface area contributed by atoms with Gasteiger partial charge in [-0.1, -0.05) is 115 Å². The minimum Gasteiger partial charge on any atom is -0.334 e. The molecule has 4 aromatic rings. The number of carbonyl (C=O) groups excluding carboxylic acids is 2. The smallest absolute Gasteiger partial charge is 0.244 e. The molecule has 1 amide bonds. The van der Waals surface area contributed by atoms with Crippen molar-refractivity contribution in [1.29, 1.82) is 0 Å². The van der Waals surface area contributed by atoms with Gasteiger partial charge >= 0.3 is 0 Å². The third kappa shape index (κ3) is 5.11. The first-order valence-corrected chi connectivity index (χ1v) is 13.9. The van der Waals surface area contributed by atoms with Gasteiger partial charge in [-0.05, 0) is 35.7 Å². The summed E-state index contributed by atoms with van der Waals surface area (Å²) in [7, 11) is 0. The Balaban J connectivity index is 1.46. The zero-order valence-electron chi connectivity index (χ0n) is 21.7. The molecule has 2 heterocycles. The van der Waals surface area contributed by atoms with Crippen molar-refractivity contribution in [3.8, 4) is 0 Å². The Bertz CT molecular complexity index is 1660. The minimum absolute atomic E-state index is 0.0674. The number of carbonyl (C=O) groups is 2. The molecule has 6 rings (SSSR count). The van der Waals surface area contributed by atoms with E-state index in [0.717, 1.165) is 16.7 Å². The van der Waals surface area contributed by atoms with Crippen molar-refractivity contribution < 1.29 is 9.59 Å². The van der Waals surface area contributed by atoms with Gasteiger partial charge < -0.3 is 10.6 Å². The number of fused-ring (bicyclic) bond motifs is 1. The molecule has 7 heteroatoms. The SMILES string of the molecule is CC(=O)C1=C(c2ccccc2)NC(SC2C(=O)Nc3ccccc3N=C2c2ccccc2)=NC1c1ccccc1. The number of benzene rings is 4. The molecule has 0 bridgehead atoms. The lowest BCUT2D eigenvalue weighted by atomic mass is 9.91. The molecule has 0 radical (unpaired) electrons. The molecule has 2 N–H and O–H groups in total. The summed E-state index contributed by atoms with van der Waals surface area (Å²) in [6.07, 6.45) is 0. The Morgan fingerprint density at radius 2 is 1.35 bits per heavy atom. The monoisotopic (exact) mass is 542 g/mol. The van der Waals surface area contributed by atoms with Crippen molar-refractivity contribution in [2.75, 3.05) is 5.32 Å². The van der Waals surface area contributed by atoms with Crippen LogP contribution in [0.3, 0.4) is 0 Å². The fourth-order valence-electron chi connectivity index (χ4n) is 4.90. The first-order valence-electron chi connectivity index (χ1n) is 13.0. The molecule has 0 aromatic heterocycles. The van der Waals surface area contributed by atoms with Crippen molar-refractivity contribution in [3.05, 3.63) is 138 Å². The minimum atomic E-state index is -0.701.